The fourth-order valence-electron chi connectivity index (χ4n) is 3.46. The van der Waals surface area contributed by atoms with E-state index in [4.69, 9.17) is 4.74 Å². The molecule has 33 heavy (non-hydrogen) atoms. The molecular formula is C22H19F3N6O2. The van der Waals surface area contributed by atoms with E-state index in [1.165, 1.54) is 11.1 Å². The van der Waals surface area contributed by atoms with Crippen molar-refractivity contribution in [2.24, 2.45) is 0 Å². The number of anilines is 2. The van der Waals surface area contributed by atoms with Gasteiger partial charge in [0.2, 0.25) is 5.88 Å². The van der Waals surface area contributed by atoms with Gasteiger partial charge < -0.3 is 10.1 Å². The van der Waals surface area contributed by atoms with Crippen molar-refractivity contribution in [3.8, 4) is 17.7 Å². The Morgan fingerprint density at radius 2 is 1.97 bits per heavy atom. The lowest BCUT2D eigenvalue weighted by Crippen LogP contribution is -2.43. The normalized spacial score (nSPS) is 15.5. The largest absolute Gasteiger partial charge is 0.481 e. The molecule has 0 aromatic carbocycles. The minimum Gasteiger partial charge on any atom is -0.481 e. The summed E-state index contributed by atoms with van der Waals surface area (Å²) in [4.78, 5) is 22.7. The summed E-state index contributed by atoms with van der Waals surface area (Å²) in [6.07, 6.45) is -1.53. The molecule has 11 heteroatoms. The lowest BCUT2D eigenvalue weighted by Gasteiger charge is -2.31. The van der Waals surface area contributed by atoms with Crippen LogP contribution in [-0.4, -0.2) is 46.4 Å². The van der Waals surface area contributed by atoms with Crippen LogP contribution in [-0.2, 0) is 6.18 Å². The number of carbonyl (C=O) groups is 1. The predicted octanol–water partition coefficient (Wildman–Crippen LogP) is 3.36. The molecule has 1 aliphatic heterocycles. The van der Waals surface area contributed by atoms with Gasteiger partial charge in [0.05, 0.1) is 24.9 Å². The van der Waals surface area contributed by atoms with Crippen molar-refractivity contribution in [3.05, 3.63) is 59.0 Å². The van der Waals surface area contributed by atoms with Crippen LogP contribution in [0.4, 0.5) is 24.8 Å². The van der Waals surface area contributed by atoms with Gasteiger partial charge in [0.15, 0.2) is 0 Å². The van der Waals surface area contributed by atoms with Crippen LogP contribution in [0, 0.1) is 11.8 Å². The second-order valence-electron chi connectivity index (χ2n) is 7.27. The van der Waals surface area contributed by atoms with Gasteiger partial charge in [-0.25, -0.2) is 4.98 Å². The van der Waals surface area contributed by atoms with E-state index in [0.29, 0.717) is 16.9 Å². The Bertz CT molecular complexity index is 1260. The second-order valence-corrected chi connectivity index (χ2v) is 7.27. The molecule has 4 rings (SSSR count). The predicted molar refractivity (Wildman–Crippen MR) is 114 cm³/mol. The Balaban J connectivity index is 1.69. The van der Waals surface area contributed by atoms with E-state index in [-0.39, 0.29) is 24.1 Å². The summed E-state index contributed by atoms with van der Waals surface area (Å²) in [5, 5.41) is 7.20. The average molecular weight is 456 g/mol. The van der Waals surface area contributed by atoms with Crippen molar-refractivity contribution in [1.29, 1.82) is 0 Å². The summed E-state index contributed by atoms with van der Waals surface area (Å²) in [7, 11) is 2.86. The van der Waals surface area contributed by atoms with Crippen LogP contribution >= 0.6 is 0 Å². The van der Waals surface area contributed by atoms with Gasteiger partial charge in [0, 0.05) is 25.4 Å². The van der Waals surface area contributed by atoms with E-state index < -0.39 is 23.5 Å². The first-order valence-electron chi connectivity index (χ1n) is 9.90. The highest BCUT2D eigenvalue weighted by molar-refractivity contribution is 6.07. The number of carbonyl (C=O) groups excluding carboxylic acids is 1. The van der Waals surface area contributed by atoms with Gasteiger partial charge >= 0.3 is 6.18 Å². The molecule has 0 saturated heterocycles. The van der Waals surface area contributed by atoms with Crippen LogP contribution in [0.5, 0.6) is 5.88 Å². The van der Waals surface area contributed by atoms with Gasteiger partial charge in [-0.1, -0.05) is 11.8 Å². The lowest BCUT2D eigenvalue weighted by molar-refractivity contribution is -0.139. The molecule has 1 amide bonds. The molecule has 3 aromatic rings. The maximum Gasteiger partial charge on any atom is 0.421 e. The SMILES string of the molecule is CNc1ccc(C#Cc2cnn3c2C(=O)N(c2ccc(C(F)(F)F)c(OC)n2)C[C@@H]3C)cn1. The number of aromatic nitrogens is 4. The van der Waals surface area contributed by atoms with Crippen LogP contribution in [0.1, 0.15) is 40.1 Å². The second kappa shape index (κ2) is 8.46. The number of pyridine rings is 2. The minimum absolute atomic E-state index is 0.0508. The first-order chi connectivity index (χ1) is 15.7. The maximum absolute atomic E-state index is 13.3. The van der Waals surface area contributed by atoms with Crippen LogP contribution in [0.3, 0.4) is 0 Å². The molecule has 0 radical (unpaired) electrons. The Labute approximate surface area is 187 Å². The van der Waals surface area contributed by atoms with Gasteiger partial charge in [-0.15, -0.1) is 0 Å². The van der Waals surface area contributed by atoms with Gasteiger partial charge in [0.1, 0.15) is 22.9 Å². The van der Waals surface area contributed by atoms with Crippen molar-refractivity contribution in [1.82, 2.24) is 19.7 Å². The smallest absolute Gasteiger partial charge is 0.421 e. The molecule has 3 aromatic heterocycles. The summed E-state index contributed by atoms with van der Waals surface area (Å²) in [5.74, 6) is 5.58. The van der Waals surface area contributed by atoms with E-state index in [1.807, 2.05) is 6.92 Å². The zero-order chi connectivity index (χ0) is 23.8. The molecule has 0 fully saturated rings. The van der Waals surface area contributed by atoms with E-state index in [1.54, 1.807) is 30.1 Å². The number of amides is 1. The third-order valence-corrected chi connectivity index (χ3v) is 5.09. The molecule has 170 valence electrons. The van der Waals surface area contributed by atoms with E-state index >= 15 is 0 Å². The molecule has 0 aliphatic carbocycles. The molecule has 0 spiro atoms. The number of nitrogens with one attached hydrogen (secondary N) is 1. The molecule has 1 aliphatic rings. The molecule has 0 bridgehead atoms. The number of nitrogens with zero attached hydrogens (tertiary/aromatic N) is 5. The van der Waals surface area contributed by atoms with E-state index in [9.17, 15) is 18.0 Å². The molecule has 0 unspecified atom stereocenters. The number of rotatable bonds is 3. The standard InChI is InChI=1S/C22H19F3N6O2/c1-13-12-30(18-9-7-16(22(23,24)25)20(29-18)33-3)21(32)19-15(11-28-31(13)19)6-4-14-5-8-17(26-2)27-10-14/h5,7-11,13H,12H2,1-3H3,(H,26,27)/t13-/m0/s1. The monoisotopic (exact) mass is 456 g/mol. The fraction of sp³-hybridized carbons (Fsp3) is 0.273. The molecule has 1 N–H and O–H groups in total. The van der Waals surface area contributed by atoms with Crippen LogP contribution < -0.4 is 15.0 Å². The molecule has 1 atom stereocenters. The third-order valence-electron chi connectivity index (χ3n) is 5.09. The number of halogens is 3. The Morgan fingerprint density at radius 3 is 2.61 bits per heavy atom. The fourth-order valence-corrected chi connectivity index (χ4v) is 3.46. The van der Waals surface area contributed by atoms with Crippen LogP contribution in [0.15, 0.2) is 36.7 Å². The maximum atomic E-state index is 13.3. The summed E-state index contributed by atoms with van der Waals surface area (Å²) in [6, 6.07) is 5.32. The van der Waals surface area contributed by atoms with Crippen molar-refractivity contribution in [2.75, 3.05) is 30.9 Å². The zero-order valence-corrected chi connectivity index (χ0v) is 17.9. The van der Waals surface area contributed by atoms with E-state index in [0.717, 1.165) is 19.2 Å². The lowest BCUT2D eigenvalue weighted by atomic mass is 10.1. The van der Waals surface area contributed by atoms with Gasteiger partial charge in [-0.05, 0) is 31.2 Å². The number of hydrogen-bond donors (Lipinski definition) is 1. The highest BCUT2D eigenvalue weighted by Crippen LogP contribution is 2.37. The molecular weight excluding hydrogens is 437 g/mol. The topological polar surface area (TPSA) is 85.2 Å². The molecule has 4 heterocycles. The highest BCUT2D eigenvalue weighted by atomic mass is 19.4. The summed E-state index contributed by atoms with van der Waals surface area (Å²) in [5.41, 5.74) is 0.270. The third kappa shape index (κ3) is 4.19. The number of fused-ring (bicyclic) bond motifs is 1. The summed E-state index contributed by atoms with van der Waals surface area (Å²) < 4.78 is 46.0. The molecule has 0 saturated carbocycles. The molecule has 8 nitrogen and oxygen atoms in total. The number of ether oxygens (including phenoxy) is 1. The number of hydrogen-bond acceptors (Lipinski definition) is 6. The van der Waals surface area contributed by atoms with Crippen molar-refractivity contribution in [3.63, 3.8) is 0 Å². The van der Waals surface area contributed by atoms with Crippen molar-refractivity contribution >= 4 is 17.5 Å². The van der Waals surface area contributed by atoms with Gasteiger partial charge in [-0.2, -0.15) is 23.3 Å². The summed E-state index contributed by atoms with van der Waals surface area (Å²) in [6.45, 7) is 2.02. The Kier molecular flexibility index (Phi) is 5.68. The number of alkyl halides is 3. The first kappa shape index (κ1) is 22.1. The first-order valence-corrected chi connectivity index (χ1v) is 9.90. The highest BCUT2D eigenvalue weighted by Gasteiger charge is 2.38. The number of methoxy groups -OCH3 is 1. The van der Waals surface area contributed by atoms with Crippen LogP contribution in [0.2, 0.25) is 0 Å². The average Bonchev–Trinajstić information content (AvgIpc) is 3.24. The Hall–Kier alpha value is -4.07. The summed E-state index contributed by atoms with van der Waals surface area (Å²) >= 11 is 0. The van der Waals surface area contributed by atoms with Gasteiger partial charge in [-0.3, -0.25) is 14.4 Å². The Morgan fingerprint density at radius 1 is 1.18 bits per heavy atom. The van der Waals surface area contributed by atoms with Gasteiger partial charge in [0.25, 0.3) is 5.91 Å². The van der Waals surface area contributed by atoms with Crippen LogP contribution in [0.25, 0.3) is 0 Å². The van der Waals surface area contributed by atoms with Crippen molar-refractivity contribution < 1.29 is 22.7 Å². The zero-order valence-electron chi connectivity index (χ0n) is 17.9. The quantitative estimate of drug-likeness (QED) is 0.609. The minimum atomic E-state index is -4.63. The van der Waals surface area contributed by atoms with E-state index in [2.05, 4.69) is 32.2 Å². The van der Waals surface area contributed by atoms with Crippen molar-refractivity contribution in [2.45, 2.75) is 19.1 Å².